The molecule has 0 saturated heterocycles. The molecule has 1 unspecified atom stereocenters. The van der Waals surface area contributed by atoms with Crippen molar-refractivity contribution >= 4 is 11.9 Å². The molecule has 5 nitrogen and oxygen atoms in total. The monoisotopic (exact) mass is 403 g/mol. The lowest BCUT2D eigenvalue weighted by molar-refractivity contribution is -0.136. The summed E-state index contributed by atoms with van der Waals surface area (Å²) in [6.45, 7) is 3.93. The Hall–Kier alpha value is -3.60. The number of rotatable bonds is 8. The minimum atomic E-state index is -0.904. The molecule has 154 valence electrons. The van der Waals surface area contributed by atoms with Gasteiger partial charge in [0.1, 0.15) is 11.5 Å². The first-order valence-corrected chi connectivity index (χ1v) is 9.87. The number of ether oxygens (including phenoxy) is 1. The van der Waals surface area contributed by atoms with E-state index >= 15 is 0 Å². The first-order chi connectivity index (χ1) is 14.4. The second kappa shape index (κ2) is 9.74. The zero-order valence-electron chi connectivity index (χ0n) is 17.1. The van der Waals surface area contributed by atoms with E-state index in [0.29, 0.717) is 22.6 Å². The number of para-hydroxylation sites is 1. The zero-order valence-corrected chi connectivity index (χ0v) is 17.1. The van der Waals surface area contributed by atoms with Gasteiger partial charge in [-0.3, -0.25) is 9.59 Å². The van der Waals surface area contributed by atoms with E-state index in [4.69, 9.17) is 9.84 Å². The third-order valence-electron chi connectivity index (χ3n) is 4.84. The number of carbonyl (C=O) groups is 2. The summed E-state index contributed by atoms with van der Waals surface area (Å²) in [7, 11) is 0. The maximum absolute atomic E-state index is 13.1. The highest BCUT2D eigenvalue weighted by Crippen LogP contribution is 2.25. The smallest absolute Gasteiger partial charge is 0.303 e. The third-order valence-corrected chi connectivity index (χ3v) is 4.84. The Bertz CT molecular complexity index is 1010. The molecule has 0 spiro atoms. The van der Waals surface area contributed by atoms with Gasteiger partial charge in [-0.15, -0.1) is 0 Å². The minimum absolute atomic E-state index is 0.0489. The summed E-state index contributed by atoms with van der Waals surface area (Å²) in [5.41, 5.74) is 3.24. The number of carbonyl (C=O) groups excluding carboxylic acids is 1. The quantitative estimate of drug-likeness (QED) is 0.535. The van der Waals surface area contributed by atoms with E-state index < -0.39 is 5.97 Å². The van der Waals surface area contributed by atoms with E-state index in [0.717, 1.165) is 11.1 Å². The number of hydrogen-bond acceptors (Lipinski definition) is 3. The maximum Gasteiger partial charge on any atom is 0.303 e. The summed E-state index contributed by atoms with van der Waals surface area (Å²) in [5.74, 6) is 0.0181. The van der Waals surface area contributed by atoms with Gasteiger partial charge in [-0.25, -0.2) is 0 Å². The number of nitrogens with one attached hydrogen (secondary N) is 1. The van der Waals surface area contributed by atoms with Crippen LogP contribution in [0.5, 0.6) is 11.5 Å². The lowest BCUT2D eigenvalue weighted by Crippen LogP contribution is -2.27. The number of hydrogen-bond donors (Lipinski definition) is 2. The van der Waals surface area contributed by atoms with Crippen LogP contribution in [-0.2, 0) is 11.2 Å². The summed E-state index contributed by atoms with van der Waals surface area (Å²) < 4.78 is 5.86. The minimum Gasteiger partial charge on any atom is -0.481 e. The van der Waals surface area contributed by atoms with Gasteiger partial charge in [0, 0.05) is 12.0 Å². The zero-order chi connectivity index (χ0) is 21.5. The van der Waals surface area contributed by atoms with Crippen molar-refractivity contribution in [1.29, 1.82) is 0 Å². The average molecular weight is 403 g/mol. The number of amides is 1. The van der Waals surface area contributed by atoms with Gasteiger partial charge in [0.2, 0.25) is 0 Å². The van der Waals surface area contributed by atoms with Gasteiger partial charge < -0.3 is 15.2 Å². The standard InChI is InChI=1S/C25H25NO4/c1-17-8-10-19(11-9-17)18(2)26-25(29)23-16-22(30-21-6-4-3-5-7-21)14-12-20(23)13-15-24(27)28/h3-12,14,16,18H,13,15H2,1-2H3,(H,26,29)(H,27,28). The number of aliphatic carboxylic acids is 1. The summed E-state index contributed by atoms with van der Waals surface area (Å²) in [6, 6.07) is 22.3. The van der Waals surface area contributed by atoms with Crippen LogP contribution in [0.4, 0.5) is 0 Å². The number of carboxylic acids is 1. The molecule has 2 N–H and O–H groups in total. The Morgan fingerprint density at radius 1 is 0.967 bits per heavy atom. The largest absolute Gasteiger partial charge is 0.481 e. The Morgan fingerprint density at radius 3 is 2.33 bits per heavy atom. The molecular weight excluding hydrogens is 378 g/mol. The molecule has 3 aromatic carbocycles. The normalized spacial score (nSPS) is 11.5. The first-order valence-electron chi connectivity index (χ1n) is 9.87. The number of carboxylic acid groups (broad SMARTS) is 1. The fraction of sp³-hybridized carbons (Fsp3) is 0.200. The fourth-order valence-corrected chi connectivity index (χ4v) is 3.13. The lowest BCUT2D eigenvalue weighted by Gasteiger charge is -2.17. The molecule has 0 aliphatic heterocycles. The van der Waals surface area contributed by atoms with Crippen molar-refractivity contribution in [3.8, 4) is 11.5 Å². The second-order valence-corrected chi connectivity index (χ2v) is 7.23. The molecule has 1 atom stereocenters. The van der Waals surface area contributed by atoms with Crippen LogP contribution >= 0.6 is 0 Å². The van der Waals surface area contributed by atoms with Crippen LogP contribution in [0.15, 0.2) is 72.8 Å². The Labute approximate surface area is 176 Å². The molecule has 0 aromatic heterocycles. The molecule has 5 heteroatoms. The van der Waals surface area contributed by atoms with E-state index in [2.05, 4.69) is 5.32 Å². The van der Waals surface area contributed by atoms with Crippen molar-refractivity contribution < 1.29 is 19.4 Å². The first kappa shape index (κ1) is 21.1. The summed E-state index contributed by atoms with van der Waals surface area (Å²) in [5, 5.41) is 12.1. The summed E-state index contributed by atoms with van der Waals surface area (Å²) in [4.78, 5) is 24.1. The van der Waals surface area contributed by atoms with Crippen molar-refractivity contribution in [2.45, 2.75) is 32.7 Å². The van der Waals surface area contributed by atoms with Crippen LogP contribution < -0.4 is 10.1 Å². The highest BCUT2D eigenvalue weighted by molar-refractivity contribution is 5.96. The van der Waals surface area contributed by atoms with Crippen LogP contribution in [0.1, 0.15) is 46.4 Å². The van der Waals surface area contributed by atoms with Gasteiger partial charge in [-0.05, 0) is 55.7 Å². The van der Waals surface area contributed by atoms with Crippen molar-refractivity contribution in [1.82, 2.24) is 5.32 Å². The molecule has 30 heavy (non-hydrogen) atoms. The molecule has 3 rings (SSSR count). The molecule has 0 aliphatic rings. The van der Waals surface area contributed by atoms with Crippen molar-refractivity contribution in [2.75, 3.05) is 0 Å². The maximum atomic E-state index is 13.1. The Balaban J connectivity index is 1.84. The SMILES string of the molecule is Cc1ccc(C(C)NC(=O)c2cc(Oc3ccccc3)ccc2CCC(=O)O)cc1. The van der Waals surface area contributed by atoms with Crippen LogP contribution in [0.3, 0.4) is 0 Å². The average Bonchev–Trinajstić information content (AvgIpc) is 2.73. The molecular formula is C25H25NO4. The van der Waals surface area contributed by atoms with Gasteiger partial charge in [-0.2, -0.15) is 0 Å². The Morgan fingerprint density at radius 2 is 1.67 bits per heavy atom. The van der Waals surface area contributed by atoms with E-state index in [9.17, 15) is 9.59 Å². The summed E-state index contributed by atoms with van der Waals surface area (Å²) >= 11 is 0. The van der Waals surface area contributed by atoms with Gasteiger partial charge >= 0.3 is 5.97 Å². The van der Waals surface area contributed by atoms with Gasteiger partial charge in [-0.1, -0.05) is 54.1 Å². The number of benzene rings is 3. The fourth-order valence-electron chi connectivity index (χ4n) is 3.13. The van der Waals surface area contributed by atoms with Crippen molar-refractivity contribution in [2.24, 2.45) is 0 Å². The van der Waals surface area contributed by atoms with Gasteiger partial charge in [0.25, 0.3) is 5.91 Å². The third kappa shape index (κ3) is 5.70. The van der Waals surface area contributed by atoms with E-state index in [1.54, 1.807) is 18.2 Å². The van der Waals surface area contributed by atoms with Crippen LogP contribution in [0, 0.1) is 6.92 Å². The van der Waals surface area contributed by atoms with Crippen LogP contribution in [0.2, 0.25) is 0 Å². The Kier molecular flexibility index (Phi) is 6.86. The van der Waals surface area contributed by atoms with Crippen LogP contribution in [-0.4, -0.2) is 17.0 Å². The van der Waals surface area contributed by atoms with E-state index in [1.165, 1.54) is 0 Å². The molecule has 0 bridgehead atoms. The highest BCUT2D eigenvalue weighted by atomic mass is 16.5. The molecule has 3 aromatic rings. The molecule has 0 heterocycles. The van der Waals surface area contributed by atoms with Gasteiger partial charge in [0.05, 0.1) is 6.04 Å². The highest BCUT2D eigenvalue weighted by Gasteiger charge is 2.17. The number of aryl methyl sites for hydroxylation is 2. The molecule has 0 radical (unpaired) electrons. The predicted octanol–water partition coefficient (Wildman–Crippen LogP) is 5.30. The van der Waals surface area contributed by atoms with Crippen molar-refractivity contribution in [3.05, 3.63) is 95.1 Å². The lowest BCUT2D eigenvalue weighted by atomic mass is 10.0. The molecule has 0 aliphatic carbocycles. The molecule has 0 fully saturated rings. The predicted molar refractivity (Wildman–Crippen MR) is 116 cm³/mol. The van der Waals surface area contributed by atoms with E-state index in [-0.39, 0.29) is 24.8 Å². The second-order valence-electron chi connectivity index (χ2n) is 7.23. The van der Waals surface area contributed by atoms with Gasteiger partial charge in [0.15, 0.2) is 0 Å². The molecule has 1 amide bonds. The van der Waals surface area contributed by atoms with E-state index in [1.807, 2.05) is 68.4 Å². The van der Waals surface area contributed by atoms with Crippen LogP contribution in [0.25, 0.3) is 0 Å². The molecule has 0 saturated carbocycles. The summed E-state index contributed by atoms with van der Waals surface area (Å²) in [6.07, 6.45) is 0.218. The topological polar surface area (TPSA) is 75.6 Å². The van der Waals surface area contributed by atoms with Crippen molar-refractivity contribution in [3.63, 3.8) is 0 Å².